The smallest absolute Gasteiger partial charge is 0.148 e. The Balaban J connectivity index is 3.21. The largest absolute Gasteiger partial charge is 0.357 e. The molecule has 1 atom stereocenters. The first-order chi connectivity index (χ1) is 9.72. The predicted octanol–water partition coefficient (Wildman–Crippen LogP) is 2.95. The van der Waals surface area contributed by atoms with Crippen molar-refractivity contribution in [3.63, 3.8) is 0 Å². The fourth-order valence-electron chi connectivity index (χ4n) is 2.01. The van der Waals surface area contributed by atoms with E-state index in [9.17, 15) is 0 Å². The van der Waals surface area contributed by atoms with Gasteiger partial charge in [-0.25, -0.2) is 15.8 Å². The average Bonchev–Trinajstić information content (AvgIpc) is 2.42. The summed E-state index contributed by atoms with van der Waals surface area (Å²) < 4.78 is 0. The van der Waals surface area contributed by atoms with Crippen LogP contribution in [0.15, 0.2) is 0 Å². The minimum atomic E-state index is -0.114. The van der Waals surface area contributed by atoms with E-state index in [1.54, 1.807) is 0 Å². The number of rotatable bonds is 6. The number of nitrogen functional groups attached to an aromatic ring is 1. The van der Waals surface area contributed by atoms with Gasteiger partial charge in [-0.05, 0) is 32.3 Å². The van der Waals surface area contributed by atoms with Crippen molar-refractivity contribution >= 4 is 23.4 Å². The maximum Gasteiger partial charge on any atom is 0.148 e. The van der Waals surface area contributed by atoms with Crippen LogP contribution in [0.4, 0.5) is 11.6 Å². The number of anilines is 2. The van der Waals surface area contributed by atoms with E-state index in [1.165, 1.54) is 0 Å². The van der Waals surface area contributed by atoms with Crippen LogP contribution in [-0.2, 0) is 5.41 Å². The number of aromatic nitrogens is 2. The molecule has 1 rings (SSSR count). The lowest BCUT2D eigenvalue weighted by atomic mass is 9.95. The van der Waals surface area contributed by atoms with Gasteiger partial charge in [0, 0.05) is 24.1 Å². The minimum absolute atomic E-state index is 0.114. The van der Waals surface area contributed by atoms with Crippen LogP contribution in [0.1, 0.15) is 45.5 Å². The van der Waals surface area contributed by atoms with E-state index in [1.807, 2.05) is 18.7 Å². The number of nitrogens with zero attached hydrogens (tertiary/aromatic N) is 3. The first kappa shape index (κ1) is 18.0. The van der Waals surface area contributed by atoms with E-state index >= 15 is 0 Å². The Morgan fingerprint density at radius 1 is 1.33 bits per heavy atom. The van der Waals surface area contributed by atoms with Gasteiger partial charge in [-0.2, -0.15) is 11.8 Å². The third-order valence-corrected chi connectivity index (χ3v) is 4.31. The summed E-state index contributed by atoms with van der Waals surface area (Å²) in [5.41, 5.74) is 3.58. The number of hydrazine groups is 1. The van der Waals surface area contributed by atoms with Gasteiger partial charge in [-0.1, -0.05) is 20.8 Å². The van der Waals surface area contributed by atoms with Gasteiger partial charge in [0.2, 0.25) is 0 Å². The molecule has 1 aromatic rings. The monoisotopic (exact) mass is 311 g/mol. The second-order valence-electron chi connectivity index (χ2n) is 6.48. The highest BCUT2D eigenvalue weighted by Gasteiger charge is 2.23. The second kappa shape index (κ2) is 7.31. The molecule has 21 heavy (non-hydrogen) atoms. The van der Waals surface area contributed by atoms with Crippen LogP contribution < -0.4 is 16.2 Å². The number of thioether (sulfide) groups is 1. The maximum atomic E-state index is 5.63. The molecule has 0 aliphatic heterocycles. The molecule has 1 heterocycles. The molecule has 0 fully saturated rings. The van der Waals surface area contributed by atoms with Crippen molar-refractivity contribution in [1.29, 1.82) is 0 Å². The Kier molecular flexibility index (Phi) is 6.28. The van der Waals surface area contributed by atoms with Gasteiger partial charge < -0.3 is 10.3 Å². The van der Waals surface area contributed by atoms with Crippen molar-refractivity contribution in [2.45, 2.75) is 52.5 Å². The Morgan fingerprint density at radius 2 is 1.95 bits per heavy atom. The molecule has 0 aliphatic rings. The molecular weight excluding hydrogens is 282 g/mol. The van der Waals surface area contributed by atoms with Crippen LogP contribution in [0.25, 0.3) is 0 Å². The van der Waals surface area contributed by atoms with E-state index in [4.69, 9.17) is 10.8 Å². The number of nitrogens with one attached hydrogen (secondary N) is 1. The molecule has 0 saturated heterocycles. The summed E-state index contributed by atoms with van der Waals surface area (Å²) in [6.45, 7) is 10.6. The van der Waals surface area contributed by atoms with Gasteiger partial charge in [0.25, 0.3) is 0 Å². The molecule has 6 heteroatoms. The SMILES string of the molecule is CSCCC(C)N(C)c1nc(C(C)(C)C)nc(NN)c1C. The Morgan fingerprint density at radius 3 is 2.43 bits per heavy atom. The lowest BCUT2D eigenvalue weighted by molar-refractivity contribution is 0.542. The summed E-state index contributed by atoms with van der Waals surface area (Å²) in [7, 11) is 2.09. The Bertz CT molecular complexity index is 470. The summed E-state index contributed by atoms with van der Waals surface area (Å²) in [5.74, 6) is 9.23. The van der Waals surface area contributed by atoms with Crippen molar-refractivity contribution in [3.05, 3.63) is 11.4 Å². The minimum Gasteiger partial charge on any atom is -0.357 e. The molecule has 3 N–H and O–H groups in total. The predicted molar refractivity (Wildman–Crippen MR) is 94.1 cm³/mol. The van der Waals surface area contributed by atoms with Gasteiger partial charge in [0.1, 0.15) is 17.5 Å². The van der Waals surface area contributed by atoms with Gasteiger partial charge in [0.05, 0.1) is 0 Å². The highest BCUT2D eigenvalue weighted by Crippen LogP contribution is 2.28. The molecule has 0 aromatic carbocycles. The van der Waals surface area contributed by atoms with Gasteiger partial charge in [-0.3, -0.25) is 0 Å². The summed E-state index contributed by atoms with van der Waals surface area (Å²) in [4.78, 5) is 11.6. The van der Waals surface area contributed by atoms with Crippen LogP contribution in [0.2, 0.25) is 0 Å². The molecule has 0 saturated carbocycles. The molecule has 120 valence electrons. The normalized spacial score (nSPS) is 13.1. The molecule has 1 aromatic heterocycles. The maximum absolute atomic E-state index is 5.63. The van der Waals surface area contributed by atoms with E-state index in [-0.39, 0.29) is 5.41 Å². The zero-order valence-corrected chi connectivity index (χ0v) is 15.1. The fraction of sp³-hybridized carbons (Fsp3) is 0.733. The zero-order chi connectivity index (χ0) is 16.2. The second-order valence-corrected chi connectivity index (χ2v) is 7.47. The molecule has 1 unspecified atom stereocenters. The first-order valence-electron chi connectivity index (χ1n) is 7.29. The summed E-state index contributed by atoms with van der Waals surface area (Å²) in [5, 5.41) is 0. The molecule has 0 spiro atoms. The van der Waals surface area contributed by atoms with Crippen molar-refractivity contribution in [1.82, 2.24) is 9.97 Å². The molecule has 0 amide bonds. The van der Waals surface area contributed by atoms with Gasteiger partial charge >= 0.3 is 0 Å². The standard InChI is InChI=1S/C15H29N5S/c1-10(8-9-21-7)20(6)13-11(2)12(19-16)17-14(18-13)15(3,4)5/h10H,8-9,16H2,1-7H3,(H,17,18,19). The molecule has 5 nitrogen and oxygen atoms in total. The van der Waals surface area contributed by atoms with E-state index in [0.29, 0.717) is 11.9 Å². The Labute approximate surface area is 133 Å². The van der Waals surface area contributed by atoms with Crippen LogP contribution in [0.5, 0.6) is 0 Å². The van der Waals surface area contributed by atoms with Crippen LogP contribution in [0, 0.1) is 6.92 Å². The lowest BCUT2D eigenvalue weighted by Gasteiger charge is -2.29. The summed E-state index contributed by atoms with van der Waals surface area (Å²) in [6, 6.07) is 0.421. The Hall–Kier alpha value is -1.01. The van der Waals surface area contributed by atoms with Crippen LogP contribution >= 0.6 is 11.8 Å². The zero-order valence-electron chi connectivity index (χ0n) is 14.3. The molecule has 0 aliphatic carbocycles. The quantitative estimate of drug-likeness (QED) is 0.622. The summed E-state index contributed by atoms with van der Waals surface area (Å²) in [6.07, 6.45) is 3.26. The highest BCUT2D eigenvalue weighted by molar-refractivity contribution is 7.98. The molecule has 0 radical (unpaired) electrons. The van der Waals surface area contributed by atoms with E-state index in [0.717, 1.165) is 29.4 Å². The third kappa shape index (κ3) is 4.48. The van der Waals surface area contributed by atoms with Crippen molar-refractivity contribution in [2.24, 2.45) is 5.84 Å². The van der Waals surface area contributed by atoms with Gasteiger partial charge in [-0.15, -0.1) is 0 Å². The highest BCUT2D eigenvalue weighted by atomic mass is 32.2. The topological polar surface area (TPSA) is 67.1 Å². The molecular formula is C15H29N5S. The van der Waals surface area contributed by atoms with Gasteiger partial charge in [0.15, 0.2) is 0 Å². The van der Waals surface area contributed by atoms with E-state index < -0.39 is 0 Å². The summed E-state index contributed by atoms with van der Waals surface area (Å²) >= 11 is 1.87. The van der Waals surface area contributed by atoms with Crippen molar-refractivity contribution in [3.8, 4) is 0 Å². The first-order valence-corrected chi connectivity index (χ1v) is 8.69. The van der Waals surface area contributed by atoms with Crippen molar-refractivity contribution < 1.29 is 0 Å². The number of nitrogens with two attached hydrogens (primary N) is 1. The third-order valence-electron chi connectivity index (χ3n) is 3.66. The van der Waals surface area contributed by atoms with Crippen molar-refractivity contribution in [2.75, 3.05) is 29.4 Å². The van der Waals surface area contributed by atoms with Crippen LogP contribution in [-0.4, -0.2) is 35.1 Å². The lowest BCUT2D eigenvalue weighted by Crippen LogP contribution is -2.32. The molecule has 0 bridgehead atoms. The average molecular weight is 311 g/mol. The fourth-order valence-corrected chi connectivity index (χ4v) is 2.59. The number of hydrogen-bond acceptors (Lipinski definition) is 6. The van der Waals surface area contributed by atoms with E-state index in [2.05, 4.69) is 56.3 Å². The van der Waals surface area contributed by atoms with Crippen LogP contribution in [0.3, 0.4) is 0 Å². The number of hydrogen-bond donors (Lipinski definition) is 2.